The minimum atomic E-state index is 0.300. The molecule has 1 saturated heterocycles. The quantitative estimate of drug-likeness (QED) is 0.911. The van der Waals surface area contributed by atoms with E-state index in [0.29, 0.717) is 23.6 Å². The van der Waals surface area contributed by atoms with Crippen LogP contribution < -0.4 is 10.5 Å². The summed E-state index contributed by atoms with van der Waals surface area (Å²) >= 11 is 6.03. The van der Waals surface area contributed by atoms with Gasteiger partial charge in [-0.3, -0.25) is 4.90 Å². The molecule has 1 aliphatic heterocycles. The van der Waals surface area contributed by atoms with Gasteiger partial charge in [-0.25, -0.2) is 0 Å². The lowest BCUT2D eigenvalue weighted by Gasteiger charge is -2.34. The zero-order valence-electron chi connectivity index (χ0n) is 10.8. The van der Waals surface area contributed by atoms with Crippen LogP contribution in [0, 0.1) is 5.92 Å². The van der Waals surface area contributed by atoms with Gasteiger partial charge in [-0.05, 0) is 24.5 Å². The second-order valence-electron chi connectivity index (χ2n) is 5.14. The molecule has 0 saturated carbocycles. The third-order valence-corrected chi connectivity index (χ3v) is 3.58. The van der Waals surface area contributed by atoms with Gasteiger partial charge in [-0.2, -0.15) is 0 Å². The van der Waals surface area contributed by atoms with Crippen molar-refractivity contribution in [3.05, 3.63) is 29.3 Å². The number of piperidine rings is 1. The summed E-state index contributed by atoms with van der Waals surface area (Å²) in [6, 6.07) is 7.87. The van der Waals surface area contributed by atoms with Crippen LogP contribution in [0.1, 0.15) is 13.3 Å². The molecule has 2 atom stereocenters. The Morgan fingerprint density at radius 3 is 2.89 bits per heavy atom. The molecule has 0 aromatic heterocycles. The van der Waals surface area contributed by atoms with Crippen LogP contribution in [-0.2, 0) is 0 Å². The number of para-hydroxylation sites is 1. The molecule has 3 nitrogen and oxygen atoms in total. The van der Waals surface area contributed by atoms with E-state index in [1.54, 1.807) is 0 Å². The van der Waals surface area contributed by atoms with Gasteiger partial charge in [-0.1, -0.05) is 30.7 Å². The highest BCUT2D eigenvalue weighted by molar-refractivity contribution is 6.32. The number of rotatable bonds is 4. The van der Waals surface area contributed by atoms with E-state index in [9.17, 15) is 0 Å². The summed E-state index contributed by atoms with van der Waals surface area (Å²) in [5.74, 6) is 1.43. The predicted molar refractivity (Wildman–Crippen MR) is 75.1 cm³/mol. The van der Waals surface area contributed by atoms with Gasteiger partial charge in [0.2, 0.25) is 0 Å². The maximum Gasteiger partial charge on any atom is 0.137 e. The molecule has 0 radical (unpaired) electrons. The van der Waals surface area contributed by atoms with Crippen molar-refractivity contribution in [3.8, 4) is 5.75 Å². The van der Waals surface area contributed by atoms with Crippen LogP contribution in [-0.4, -0.2) is 37.2 Å². The molecule has 1 fully saturated rings. The summed E-state index contributed by atoms with van der Waals surface area (Å²) in [6.07, 6.45) is 1.13. The van der Waals surface area contributed by atoms with Gasteiger partial charge in [0, 0.05) is 25.7 Å². The fourth-order valence-electron chi connectivity index (χ4n) is 2.54. The van der Waals surface area contributed by atoms with E-state index >= 15 is 0 Å². The Balaban J connectivity index is 1.77. The number of nitrogens with zero attached hydrogens (tertiary/aromatic N) is 1. The summed E-state index contributed by atoms with van der Waals surface area (Å²) in [5.41, 5.74) is 6.02. The topological polar surface area (TPSA) is 38.5 Å². The molecule has 0 bridgehead atoms. The zero-order valence-corrected chi connectivity index (χ0v) is 11.6. The van der Waals surface area contributed by atoms with Crippen molar-refractivity contribution in [3.63, 3.8) is 0 Å². The van der Waals surface area contributed by atoms with Gasteiger partial charge < -0.3 is 10.5 Å². The average Bonchev–Trinajstić information content (AvgIpc) is 2.30. The van der Waals surface area contributed by atoms with Gasteiger partial charge >= 0.3 is 0 Å². The van der Waals surface area contributed by atoms with E-state index < -0.39 is 0 Å². The average molecular weight is 269 g/mol. The van der Waals surface area contributed by atoms with Crippen LogP contribution in [0.3, 0.4) is 0 Å². The van der Waals surface area contributed by atoms with Gasteiger partial charge in [0.25, 0.3) is 0 Å². The molecule has 18 heavy (non-hydrogen) atoms. The molecule has 2 N–H and O–H groups in total. The van der Waals surface area contributed by atoms with Crippen molar-refractivity contribution in [2.45, 2.75) is 19.4 Å². The third-order valence-electron chi connectivity index (χ3n) is 3.27. The largest absolute Gasteiger partial charge is 0.491 e. The van der Waals surface area contributed by atoms with E-state index in [-0.39, 0.29) is 0 Å². The van der Waals surface area contributed by atoms with Crippen molar-refractivity contribution < 1.29 is 4.74 Å². The predicted octanol–water partition coefficient (Wildman–Crippen LogP) is 2.39. The minimum Gasteiger partial charge on any atom is -0.491 e. The van der Waals surface area contributed by atoms with Crippen molar-refractivity contribution >= 4 is 11.6 Å². The molecule has 100 valence electrons. The van der Waals surface area contributed by atoms with Crippen LogP contribution in [0.2, 0.25) is 5.02 Å². The van der Waals surface area contributed by atoms with Crippen LogP contribution in [0.25, 0.3) is 0 Å². The summed E-state index contributed by atoms with van der Waals surface area (Å²) in [5, 5.41) is 0.668. The van der Waals surface area contributed by atoms with Gasteiger partial charge in [0.05, 0.1) is 5.02 Å². The maximum absolute atomic E-state index is 6.03. The molecular formula is C14H21ClN2O. The molecule has 0 spiro atoms. The summed E-state index contributed by atoms with van der Waals surface area (Å²) < 4.78 is 5.70. The van der Waals surface area contributed by atoms with Crippen molar-refractivity contribution in [2.75, 3.05) is 26.2 Å². The monoisotopic (exact) mass is 268 g/mol. The Morgan fingerprint density at radius 1 is 1.39 bits per heavy atom. The highest BCUT2D eigenvalue weighted by Gasteiger charge is 2.21. The molecule has 2 rings (SSSR count). The fraction of sp³-hybridized carbons (Fsp3) is 0.571. The lowest BCUT2D eigenvalue weighted by molar-refractivity contribution is 0.140. The molecule has 0 amide bonds. The second kappa shape index (κ2) is 6.41. The molecule has 2 unspecified atom stereocenters. The van der Waals surface area contributed by atoms with Crippen LogP contribution in [0.5, 0.6) is 5.75 Å². The molecule has 1 aromatic carbocycles. The number of halogens is 1. The molecular weight excluding hydrogens is 248 g/mol. The normalized spacial score (nSPS) is 25.1. The molecule has 1 aromatic rings. The lowest BCUT2D eigenvalue weighted by Crippen LogP contribution is -2.47. The first-order chi connectivity index (χ1) is 8.65. The van der Waals surface area contributed by atoms with E-state index in [2.05, 4.69) is 11.8 Å². The standard InChI is InChI=1S/C14H21ClN2O/c1-11-8-12(16)10-17(9-11)6-7-18-14-5-3-2-4-13(14)15/h2-5,11-12H,6-10,16H2,1H3. The highest BCUT2D eigenvalue weighted by Crippen LogP contribution is 2.23. The van der Waals surface area contributed by atoms with E-state index in [1.165, 1.54) is 0 Å². The second-order valence-corrected chi connectivity index (χ2v) is 5.55. The van der Waals surface area contributed by atoms with Gasteiger partial charge in [0.15, 0.2) is 0 Å². The minimum absolute atomic E-state index is 0.300. The number of benzene rings is 1. The molecule has 4 heteroatoms. The summed E-state index contributed by atoms with van der Waals surface area (Å²) in [6.45, 7) is 5.89. The van der Waals surface area contributed by atoms with E-state index in [1.807, 2.05) is 24.3 Å². The van der Waals surface area contributed by atoms with Crippen LogP contribution in [0.4, 0.5) is 0 Å². The Labute approximate surface area is 114 Å². The van der Waals surface area contributed by atoms with Crippen LogP contribution >= 0.6 is 11.6 Å². The van der Waals surface area contributed by atoms with Crippen molar-refractivity contribution in [2.24, 2.45) is 11.7 Å². The smallest absolute Gasteiger partial charge is 0.137 e. The Morgan fingerprint density at radius 2 is 2.17 bits per heavy atom. The summed E-state index contributed by atoms with van der Waals surface area (Å²) in [7, 11) is 0. The Hall–Kier alpha value is -0.770. The Kier molecular flexibility index (Phi) is 4.87. The van der Waals surface area contributed by atoms with E-state index in [4.69, 9.17) is 22.1 Å². The van der Waals surface area contributed by atoms with Gasteiger partial charge in [-0.15, -0.1) is 0 Å². The first kappa shape index (κ1) is 13.7. The van der Waals surface area contributed by atoms with E-state index in [0.717, 1.165) is 31.8 Å². The first-order valence-electron chi connectivity index (χ1n) is 6.50. The number of ether oxygens (including phenoxy) is 1. The van der Waals surface area contributed by atoms with Gasteiger partial charge in [0.1, 0.15) is 12.4 Å². The molecule has 1 heterocycles. The SMILES string of the molecule is CC1CC(N)CN(CCOc2ccccc2Cl)C1. The first-order valence-corrected chi connectivity index (χ1v) is 6.88. The van der Waals surface area contributed by atoms with Crippen LogP contribution in [0.15, 0.2) is 24.3 Å². The van der Waals surface area contributed by atoms with Crippen molar-refractivity contribution in [1.82, 2.24) is 4.90 Å². The zero-order chi connectivity index (χ0) is 13.0. The number of nitrogens with two attached hydrogens (primary N) is 1. The molecule has 1 aliphatic rings. The number of hydrogen-bond acceptors (Lipinski definition) is 3. The van der Waals surface area contributed by atoms with Crippen molar-refractivity contribution in [1.29, 1.82) is 0 Å². The molecule has 0 aliphatic carbocycles. The summed E-state index contributed by atoms with van der Waals surface area (Å²) in [4.78, 5) is 2.37. The number of likely N-dealkylation sites (tertiary alicyclic amines) is 1. The highest BCUT2D eigenvalue weighted by atomic mass is 35.5. The fourth-order valence-corrected chi connectivity index (χ4v) is 2.73. The Bertz CT molecular complexity index is 376. The maximum atomic E-state index is 6.03. The lowest BCUT2D eigenvalue weighted by atomic mass is 9.97. The third kappa shape index (κ3) is 3.87. The number of hydrogen-bond donors (Lipinski definition) is 1.